The number of aliphatic hydroxyl groups is 1. The molecule has 0 aromatic heterocycles. The van der Waals surface area contributed by atoms with Gasteiger partial charge in [0, 0.05) is 0 Å². The highest BCUT2D eigenvalue weighted by molar-refractivity contribution is 5.25. The van der Waals surface area contributed by atoms with Crippen molar-refractivity contribution in [3.63, 3.8) is 0 Å². The molecular weight excluding hydrogens is 280 g/mol. The lowest BCUT2D eigenvalue weighted by Crippen LogP contribution is -2.35. The Kier molecular flexibility index (Phi) is 5.46. The molecule has 0 radical (unpaired) electrons. The summed E-state index contributed by atoms with van der Waals surface area (Å²) in [5, 5.41) is 10.4. The monoisotopic (exact) mass is 314 g/mol. The molecule has 0 heterocycles. The summed E-state index contributed by atoms with van der Waals surface area (Å²) < 4.78 is 0. The molecule has 2 aliphatic rings. The first-order chi connectivity index (χ1) is 11.1. The topological polar surface area (TPSA) is 20.2 Å². The molecule has 0 saturated heterocycles. The molecule has 0 amide bonds. The summed E-state index contributed by atoms with van der Waals surface area (Å²) in [6, 6.07) is 9.36. The molecule has 1 aromatic carbocycles. The van der Waals surface area contributed by atoms with Crippen molar-refractivity contribution in [2.75, 3.05) is 0 Å². The van der Waals surface area contributed by atoms with Gasteiger partial charge >= 0.3 is 0 Å². The van der Waals surface area contributed by atoms with Gasteiger partial charge in [-0.2, -0.15) is 0 Å². The van der Waals surface area contributed by atoms with E-state index in [-0.39, 0.29) is 5.60 Å². The smallest absolute Gasteiger partial charge is 0.0645 e. The SMILES string of the molecule is CCc1ccc(C2CCC(C3CCC(O)(CC)CC3)CC2)cc1. The van der Waals surface area contributed by atoms with Gasteiger partial charge in [0.25, 0.3) is 0 Å². The van der Waals surface area contributed by atoms with E-state index in [9.17, 15) is 5.11 Å². The highest BCUT2D eigenvalue weighted by Gasteiger charge is 2.36. The fourth-order valence-corrected chi connectivity index (χ4v) is 4.95. The zero-order valence-corrected chi connectivity index (χ0v) is 15.1. The van der Waals surface area contributed by atoms with Crippen LogP contribution in [-0.2, 0) is 6.42 Å². The van der Waals surface area contributed by atoms with Gasteiger partial charge in [-0.25, -0.2) is 0 Å². The van der Waals surface area contributed by atoms with Crippen LogP contribution in [0.5, 0.6) is 0 Å². The van der Waals surface area contributed by atoms with Crippen molar-refractivity contribution in [3.05, 3.63) is 35.4 Å². The molecule has 0 spiro atoms. The molecule has 3 rings (SSSR count). The average molecular weight is 315 g/mol. The average Bonchev–Trinajstić information content (AvgIpc) is 2.63. The summed E-state index contributed by atoms with van der Waals surface area (Å²) in [5.74, 6) is 2.58. The lowest BCUT2D eigenvalue weighted by Gasteiger charge is -2.41. The minimum atomic E-state index is -0.339. The van der Waals surface area contributed by atoms with Gasteiger partial charge in [-0.3, -0.25) is 0 Å². The van der Waals surface area contributed by atoms with Crippen LogP contribution in [0.3, 0.4) is 0 Å². The first kappa shape index (κ1) is 17.0. The van der Waals surface area contributed by atoms with E-state index < -0.39 is 0 Å². The van der Waals surface area contributed by atoms with Crippen LogP contribution < -0.4 is 0 Å². The van der Waals surface area contributed by atoms with Gasteiger partial charge in [-0.1, -0.05) is 38.1 Å². The molecule has 1 nitrogen and oxygen atoms in total. The largest absolute Gasteiger partial charge is 0.390 e. The van der Waals surface area contributed by atoms with E-state index in [0.717, 1.165) is 43.4 Å². The van der Waals surface area contributed by atoms with E-state index in [2.05, 4.69) is 38.1 Å². The van der Waals surface area contributed by atoms with Crippen molar-refractivity contribution in [2.24, 2.45) is 11.8 Å². The number of aryl methyl sites for hydroxylation is 1. The lowest BCUT2D eigenvalue weighted by molar-refractivity contribution is -0.0232. The van der Waals surface area contributed by atoms with Gasteiger partial charge in [0.1, 0.15) is 0 Å². The summed E-state index contributed by atoms with van der Waals surface area (Å²) in [6.07, 6.45) is 12.2. The molecule has 2 saturated carbocycles. The van der Waals surface area contributed by atoms with E-state index in [1.165, 1.54) is 44.1 Å². The number of hydrogen-bond acceptors (Lipinski definition) is 1. The molecular formula is C22H34O. The second-order valence-corrected chi connectivity index (χ2v) is 8.12. The molecule has 0 aliphatic heterocycles. The van der Waals surface area contributed by atoms with Crippen molar-refractivity contribution in [3.8, 4) is 0 Å². The third-order valence-corrected chi connectivity index (χ3v) is 6.92. The Morgan fingerprint density at radius 3 is 1.96 bits per heavy atom. The molecule has 1 aromatic rings. The van der Waals surface area contributed by atoms with Crippen LogP contribution in [0.15, 0.2) is 24.3 Å². The molecule has 1 N–H and O–H groups in total. The molecule has 2 fully saturated rings. The third kappa shape index (κ3) is 3.99. The van der Waals surface area contributed by atoms with E-state index >= 15 is 0 Å². The lowest BCUT2D eigenvalue weighted by atomic mass is 9.67. The molecule has 2 aliphatic carbocycles. The van der Waals surface area contributed by atoms with Gasteiger partial charge in [0.15, 0.2) is 0 Å². The highest BCUT2D eigenvalue weighted by atomic mass is 16.3. The van der Waals surface area contributed by atoms with Crippen molar-refractivity contribution in [2.45, 2.75) is 89.6 Å². The normalized spacial score (nSPS) is 35.2. The standard InChI is InChI=1S/C22H34O/c1-3-17-5-7-18(8-6-17)19-9-11-20(12-10-19)21-13-15-22(23,4-2)16-14-21/h5-8,19-21,23H,3-4,9-16H2,1-2H3. The molecule has 0 atom stereocenters. The zero-order chi connectivity index (χ0) is 16.3. The predicted octanol–water partition coefficient (Wildman–Crippen LogP) is 5.85. The number of rotatable bonds is 4. The fraction of sp³-hybridized carbons (Fsp3) is 0.727. The van der Waals surface area contributed by atoms with Crippen LogP contribution in [0, 0.1) is 11.8 Å². The molecule has 1 heteroatoms. The van der Waals surface area contributed by atoms with Gasteiger partial charge in [-0.15, -0.1) is 0 Å². The van der Waals surface area contributed by atoms with Crippen LogP contribution in [0.4, 0.5) is 0 Å². The molecule has 0 bridgehead atoms. The summed E-state index contributed by atoms with van der Waals surface area (Å²) in [4.78, 5) is 0. The first-order valence-corrected chi connectivity index (χ1v) is 9.94. The van der Waals surface area contributed by atoms with E-state index in [4.69, 9.17) is 0 Å². The van der Waals surface area contributed by atoms with Gasteiger partial charge in [0.05, 0.1) is 5.60 Å². The summed E-state index contributed by atoms with van der Waals surface area (Å²) in [5.41, 5.74) is 2.67. The molecule has 0 unspecified atom stereocenters. The number of benzene rings is 1. The van der Waals surface area contributed by atoms with Gasteiger partial charge < -0.3 is 5.11 Å². The minimum Gasteiger partial charge on any atom is -0.390 e. The van der Waals surface area contributed by atoms with Crippen molar-refractivity contribution in [1.82, 2.24) is 0 Å². The van der Waals surface area contributed by atoms with Crippen LogP contribution in [0.1, 0.15) is 88.7 Å². The molecule has 23 heavy (non-hydrogen) atoms. The number of hydrogen-bond donors (Lipinski definition) is 1. The van der Waals surface area contributed by atoms with Gasteiger partial charge in [0.2, 0.25) is 0 Å². The summed E-state index contributed by atoms with van der Waals surface area (Å²) in [6.45, 7) is 4.36. The second kappa shape index (κ2) is 7.38. The van der Waals surface area contributed by atoms with Crippen LogP contribution in [0.2, 0.25) is 0 Å². The van der Waals surface area contributed by atoms with Crippen molar-refractivity contribution < 1.29 is 5.11 Å². The van der Waals surface area contributed by atoms with E-state index in [0.29, 0.717) is 0 Å². The van der Waals surface area contributed by atoms with Gasteiger partial charge in [-0.05, 0) is 93.1 Å². The Hall–Kier alpha value is -0.820. The van der Waals surface area contributed by atoms with Crippen LogP contribution >= 0.6 is 0 Å². The van der Waals surface area contributed by atoms with Crippen LogP contribution in [0.25, 0.3) is 0 Å². The highest BCUT2D eigenvalue weighted by Crippen LogP contribution is 2.45. The maximum absolute atomic E-state index is 10.4. The molecule has 128 valence electrons. The summed E-state index contributed by atoms with van der Waals surface area (Å²) in [7, 11) is 0. The quantitative estimate of drug-likeness (QED) is 0.738. The Morgan fingerprint density at radius 2 is 1.43 bits per heavy atom. The Bertz CT molecular complexity index is 473. The zero-order valence-electron chi connectivity index (χ0n) is 15.1. The fourth-order valence-electron chi connectivity index (χ4n) is 4.95. The maximum Gasteiger partial charge on any atom is 0.0645 e. The minimum absolute atomic E-state index is 0.339. The Labute approximate surface area is 142 Å². The predicted molar refractivity (Wildman–Crippen MR) is 97.7 cm³/mol. The van der Waals surface area contributed by atoms with Crippen LogP contribution in [-0.4, -0.2) is 10.7 Å². The maximum atomic E-state index is 10.4. The third-order valence-electron chi connectivity index (χ3n) is 6.92. The van der Waals surface area contributed by atoms with Crippen molar-refractivity contribution in [1.29, 1.82) is 0 Å². The first-order valence-electron chi connectivity index (χ1n) is 9.94. The Morgan fingerprint density at radius 1 is 0.870 bits per heavy atom. The van der Waals surface area contributed by atoms with Crippen molar-refractivity contribution >= 4 is 0 Å². The Balaban J connectivity index is 1.50. The van der Waals surface area contributed by atoms with E-state index in [1.54, 1.807) is 5.56 Å². The van der Waals surface area contributed by atoms with E-state index in [1.807, 2.05) is 0 Å². The second-order valence-electron chi connectivity index (χ2n) is 8.12. The summed E-state index contributed by atoms with van der Waals surface area (Å²) >= 11 is 0.